The van der Waals surface area contributed by atoms with Gasteiger partial charge in [0.25, 0.3) is 0 Å². The zero-order valence-corrected chi connectivity index (χ0v) is 14.7. The minimum atomic E-state index is -4.12. The quantitative estimate of drug-likeness (QED) is 0.337. The molecule has 9 heteroatoms. The molecule has 1 amide bonds. The molecule has 0 rings (SSSR count). The highest BCUT2D eigenvalue weighted by atomic mass is 19.4. The van der Waals surface area contributed by atoms with E-state index in [-0.39, 0.29) is 18.9 Å². The Morgan fingerprint density at radius 3 is 2.29 bits per heavy atom. The molecule has 0 aliphatic rings. The molecule has 0 saturated heterocycles. The van der Waals surface area contributed by atoms with Gasteiger partial charge in [0, 0.05) is 46.8 Å². The molecule has 0 aromatic rings. The van der Waals surface area contributed by atoms with E-state index in [1.165, 1.54) is 4.90 Å². The molecule has 0 fully saturated rings. The molecular formula is C15H29F3N4O2. The van der Waals surface area contributed by atoms with Crippen LogP contribution in [-0.4, -0.2) is 69.9 Å². The van der Waals surface area contributed by atoms with E-state index < -0.39 is 12.6 Å². The number of amides is 1. The van der Waals surface area contributed by atoms with Crippen LogP contribution in [0.5, 0.6) is 0 Å². The fourth-order valence-corrected chi connectivity index (χ4v) is 1.65. The summed E-state index contributed by atoms with van der Waals surface area (Å²) in [7, 11) is 3.27. The zero-order valence-electron chi connectivity index (χ0n) is 14.7. The van der Waals surface area contributed by atoms with Gasteiger partial charge in [-0.05, 0) is 26.2 Å². The maximum atomic E-state index is 12.1. The van der Waals surface area contributed by atoms with Crippen LogP contribution in [0.25, 0.3) is 0 Å². The van der Waals surface area contributed by atoms with E-state index in [0.717, 1.165) is 6.42 Å². The van der Waals surface area contributed by atoms with E-state index in [9.17, 15) is 18.0 Å². The Morgan fingerprint density at radius 1 is 1.12 bits per heavy atom. The van der Waals surface area contributed by atoms with Gasteiger partial charge < -0.3 is 20.3 Å². The Kier molecular flexibility index (Phi) is 12.0. The first-order chi connectivity index (χ1) is 11.3. The number of guanidine groups is 1. The molecule has 0 spiro atoms. The highest BCUT2D eigenvalue weighted by Crippen LogP contribution is 2.21. The SMILES string of the molecule is CCOCCCNC(=NCC(=O)N(C)C)NCCCCC(F)(F)F. The van der Waals surface area contributed by atoms with Gasteiger partial charge in [0.1, 0.15) is 6.54 Å². The van der Waals surface area contributed by atoms with Crippen molar-refractivity contribution in [3.63, 3.8) is 0 Å². The highest BCUT2D eigenvalue weighted by molar-refractivity contribution is 5.84. The van der Waals surface area contributed by atoms with Crippen LogP contribution in [-0.2, 0) is 9.53 Å². The van der Waals surface area contributed by atoms with Crippen molar-refractivity contribution in [1.82, 2.24) is 15.5 Å². The molecule has 0 aromatic heterocycles. The number of nitrogens with zero attached hydrogens (tertiary/aromatic N) is 2. The first-order valence-electron chi connectivity index (χ1n) is 8.13. The number of hydrogen-bond acceptors (Lipinski definition) is 3. The number of alkyl halides is 3. The van der Waals surface area contributed by atoms with Crippen molar-refractivity contribution in [1.29, 1.82) is 0 Å². The van der Waals surface area contributed by atoms with Crippen molar-refractivity contribution < 1.29 is 22.7 Å². The minimum Gasteiger partial charge on any atom is -0.382 e. The Morgan fingerprint density at radius 2 is 1.75 bits per heavy atom. The predicted molar refractivity (Wildman–Crippen MR) is 88.0 cm³/mol. The monoisotopic (exact) mass is 354 g/mol. The topological polar surface area (TPSA) is 66.0 Å². The van der Waals surface area contributed by atoms with Crippen molar-refractivity contribution >= 4 is 11.9 Å². The number of carbonyl (C=O) groups excluding carboxylic acids is 1. The highest BCUT2D eigenvalue weighted by Gasteiger charge is 2.25. The number of aliphatic imine (C=N–C) groups is 1. The first kappa shape index (κ1) is 22.5. The molecule has 2 N–H and O–H groups in total. The van der Waals surface area contributed by atoms with E-state index in [1.54, 1.807) is 14.1 Å². The van der Waals surface area contributed by atoms with Crippen molar-refractivity contribution in [2.75, 3.05) is 46.9 Å². The zero-order chi connectivity index (χ0) is 18.4. The summed E-state index contributed by atoms with van der Waals surface area (Å²) in [5.41, 5.74) is 0. The van der Waals surface area contributed by atoms with Gasteiger partial charge in [-0.1, -0.05) is 0 Å². The van der Waals surface area contributed by atoms with Crippen molar-refractivity contribution in [3.8, 4) is 0 Å². The van der Waals surface area contributed by atoms with Gasteiger partial charge in [-0.25, -0.2) is 4.99 Å². The van der Waals surface area contributed by atoms with Gasteiger partial charge in [-0.15, -0.1) is 0 Å². The van der Waals surface area contributed by atoms with Crippen LogP contribution in [0.1, 0.15) is 32.6 Å². The molecule has 0 bridgehead atoms. The number of likely N-dealkylation sites (N-methyl/N-ethyl adjacent to an activating group) is 1. The van der Waals surface area contributed by atoms with Crippen LogP contribution in [0, 0.1) is 0 Å². The normalized spacial score (nSPS) is 12.2. The second-order valence-corrected chi connectivity index (χ2v) is 5.43. The van der Waals surface area contributed by atoms with Crippen LogP contribution in [0.4, 0.5) is 13.2 Å². The molecule has 0 heterocycles. The summed E-state index contributed by atoms with van der Waals surface area (Å²) >= 11 is 0. The van der Waals surface area contributed by atoms with Gasteiger partial charge in [0.2, 0.25) is 5.91 Å². The third-order valence-corrected chi connectivity index (χ3v) is 3.01. The standard InChI is InChI=1S/C15H29F3N4O2/c1-4-24-11-7-10-20-14(21-12-13(23)22(2)3)19-9-6-5-8-15(16,17)18/h4-12H2,1-3H3,(H2,19,20,21). The van der Waals surface area contributed by atoms with Crippen LogP contribution in [0.2, 0.25) is 0 Å². The molecule has 0 radical (unpaired) electrons. The number of hydrogen-bond donors (Lipinski definition) is 2. The number of carbonyl (C=O) groups is 1. The summed E-state index contributed by atoms with van der Waals surface area (Å²) in [6, 6.07) is 0. The number of unbranched alkanes of at least 4 members (excludes halogenated alkanes) is 1. The Hall–Kier alpha value is -1.51. The molecule has 142 valence electrons. The van der Waals surface area contributed by atoms with Crippen molar-refractivity contribution in [2.24, 2.45) is 4.99 Å². The summed E-state index contributed by atoms with van der Waals surface area (Å²) in [6.45, 7) is 4.12. The molecule has 0 saturated carbocycles. The van der Waals surface area contributed by atoms with Gasteiger partial charge >= 0.3 is 6.18 Å². The lowest BCUT2D eigenvalue weighted by Gasteiger charge is -2.14. The summed E-state index contributed by atoms with van der Waals surface area (Å²) in [6.07, 6.45) is -3.70. The number of ether oxygens (including phenoxy) is 1. The van der Waals surface area contributed by atoms with Crippen LogP contribution in [0.3, 0.4) is 0 Å². The molecule has 0 atom stereocenters. The van der Waals surface area contributed by atoms with Gasteiger partial charge in [-0.3, -0.25) is 4.79 Å². The Bertz CT molecular complexity index is 374. The summed E-state index contributed by atoms with van der Waals surface area (Å²) < 4.78 is 41.5. The number of rotatable bonds is 11. The van der Waals surface area contributed by atoms with E-state index in [0.29, 0.717) is 38.7 Å². The third kappa shape index (κ3) is 14.1. The van der Waals surface area contributed by atoms with E-state index in [2.05, 4.69) is 15.6 Å². The van der Waals surface area contributed by atoms with Crippen LogP contribution >= 0.6 is 0 Å². The smallest absolute Gasteiger partial charge is 0.382 e. The molecule has 24 heavy (non-hydrogen) atoms. The molecule has 0 unspecified atom stereocenters. The second-order valence-electron chi connectivity index (χ2n) is 5.43. The molecule has 0 aliphatic heterocycles. The maximum Gasteiger partial charge on any atom is 0.389 e. The number of nitrogens with one attached hydrogen (secondary N) is 2. The first-order valence-corrected chi connectivity index (χ1v) is 8.13. The maximum absolute atomic E-state index is 12.1. The van der Waals surface area contributed by atoms with Gasteiger partial charge in [0.15, 0.2) is 5.96 Å². The lowest BCUT2D eigenvalue weighted by Crippen LogP contribution is -2.39. The Balaban J connectivity index is 4.20. The molecular weight excluding hydrogens is 325 g/mol. The van der Waals surface area contributed by atoms with Gasteiger partial charge in [0.05, 0.1) is 0 Å². The number of halogens is 3. The fraction of sp³-hybridized carbons (Fsp3) is 0.867. The summed E-state index contributed by atoms with van der Waals surface area (Å²) in [4.78, 5) is 17.1. The lowest BCUT2D eigenvalue weighted by molar-refractivity contribution is -0.135. The molecule has 0 aliphatic carbocycles. The summed E-state index contributed by atoms with van der Waals surface area (Å²) in [5.74, 6) is 0.274. The van der Waals surface area contributed by atoms with Crippen molar-refractivity contribution in [2.45, 2.75) is 38.8 Å². The predicted octanol–water partition coefficient (Wildman–Crippen LogP) is 1.77. The van der Waals surface area contributed by atoms with E-state index in [1.807, 2.05) is 6.92 Å². The van der Waals surface area contributed by atoms with Crippen LogP contribution < -0.4 is 10.6 Å². The van der Waals surface area contributed by atoms with Crippen molar-refractivity contribution in [3.05, 3.63) is 0 Å². The van der Waals surface area contributed by atoms with E-state index >= 15 is 0 Å². The Labute approximate surface area is 141 Å². The molecule has 0 aromatic carbocycles. The average molecular weight is 354 g/mol. The second kappa shape index (κ2) is 12.9. The molecule has 6 nitrogen and oxygen atoms in total. The third-order valence-electron chi connectivity index (χ3n) is 3.01. The van der Waals surface area contributed by atoms with Gasteiger partial charge in [-0.2, -0.15) is 13.2 Å². The fourth-order valence-electron chi connectivity index (χ4n) is 1.65. The summed E-state index contributed by atoms with van der Waals surface area (Å²) in [5, 5.41) is 6.00. The lowest BCUT2D eigenvalue weighted by atomic mass is 10.2. The minimum absolute atomic E-state index is 0.0175. The largest absolute Gasteiger partial charge is 0.389 e. The average Bonchev–Trinajstić information content (AvgIpc) is 2.49. The van der Waals surface area contributed by atoms with E-state index in [4.69, 9.17) is 4.74 Å². The van der Waals surface area contributed by atoms with Crippen LogP contribution in [0.15, 0.2) is 4.99 Å².